The number of fused-ring (bicyclic) bond motifs is 15. The van der Waals surface area contributed by atoms with Crippen LogP contribution in [0.15, 0.2) is 206 Å². The first-order valence-electron chi connectivity index (χ1n) is 24.0. The Kier molecular flexibility index (Phi) is 7.12. The highest BCUT2D eigenvalue weighted by Gasteiger charge is 2.35. The monoisotopic (exact) mass is 876 g/mol. The van der Waals surface area contributed by atoms with Crippen molar-refractivity contribution in [3.63, 3.8) is 0 Å². The van der Waals surface area contributed by atoms with Gasteiger partial charge in [-0.3, -0.25) is 4.57 Å². The van der Waals surface area contributed by atoms with Crippen LogP contribution in [0.1, 0.15) is 25.0 Å². The third-order valence-electron chi connectivity index (χ3n) is 15.8. The number of benzene rings is 12. The lowest BCUT2D eigenvalue weighted by molar-refractivity contribution is 0.660. The molecule has 0 radical (unpaired) electrons. The lowest BCUT2D eigenvalue weighted by atomic mass is 9.82. The van der Waals surface area contributed by atoms with Gasteiger partial charge in [0.2, 0.25) is 5.95 Å². The van der Waals surface area contributed by atoms with Crippen LogP contribution in [0.25, 0.3) is 142 Å². The molecule has 16 rings (SSSR count). The fourth-order valence-corrected chi connectivity index (χ4v) is 12.8. The van der Waals surface area contributed by atoms with Crippen molar-refractivity contribution in [2.75, 3.05) is 0 Å². The highest BCUT2D eigenvalue weighted by atomic mass is 15.2. The number of hydrogen-bond donors (Lipinski definition) is 0. The Morgan fingerprint density at radius 1 is 0.348 bits per heavy atom. The van der Waals surface area contributed by atoms with Crippen LogP contribution in [-0.2, 0) is 5.41 Å². The van der Waals surface area contributed by atoms with Gasteiger partial charge >= 0.3 is 0 Å². The number of nitrogens with zero attached hydrogens (tertiary/aromatic N) is 4. The van der Waals surface area contributed by atoms with Gasteiger partial charge in [0.1, 0.15) is 0 Å². The summed E-state index contributed by atoms with van der Waals surface area (Å²) in [4.78, 5) is 11.1. The molecule has 0 bridgehead atoms. The zero-order chi connectivity index (χ0) is 45.3. The molecule has 0 spiro atoms. The average molecular weight is 877 g/mol. The molecule has 3 heterocycles. The van der Waals surface area contributed by atoms with E-state index in [1.54, 1.807) is 0 Å². The van der Waals surface area contributed by atoms with E-state index in [1.165, 1.54) is 109 Å². The van der Waals surface area contributed by atoms with Crippen LogP contribution < -0.4 is 0 Å². The summed E-state index contributed by atoms with van der Waals surface area (Å²) in [6, 6.07) is 76.3. The second-order valence-electron chi connectivity index (χ2n) is 19.6. The topological polar surface area (TPSA) is 35.6 Å². The van der Waals surface area contributed by atoms with E-state index in [0.29, 0.717) is 5.95 Å². The van der Waals surface area contributed by atoms with Crippen LogP contribution in [0.3, 0.4) is 0 Å². The van der Waals surface area contributed by atoms with Gasteiger partial charge in [-0.25, -0.2) is 9.97 Å². The van der Waals surface area contributed by atoms with E-state index in [-0.39, 0.29) is 5.41 Å². The lowest BCUT2D eigenvalue weighted by Crippen LogP contribution is -2.15. The molecule has 0 amide bonds. The Labute approximate surface area is 396 Å². The number of aromatic nitrogens is 4. The van der Waals surface area contributed by atoms with Crippen LogP contribution in [0.5, 0.6) is 0 Å². The van der Waals surface area contributed by atoms with E-state index in [2.05, 4.69) is 229 Å². The van der Waals surface area contributed by atoms with Crippen molar-refractivity contribution in [1.29, 1.82) is 0 Å². The summed E-state index contributed by atoms with van der Waals surface area (Å²) in [5, 5.41) is 18.5. The highest BCUT2D eigenvalue weighted by Crippen LogP contribution is 2.51. The zero-order valence-electron chi connectivity index (χ0n) is 37.9. The maximum Gasteiger partial charge on any atom is 0.235 e. The Morgan fingerprint density at radius 3 is 1.65 bits per heavy atom. The van der Waals surface area contributed by atoms with Gasteiger partial charge in [0, 0.05) is 43.6 Å². The van der Waals surface area contributed by atoms with Gasteiger partial charge < -0.3 is 4.57 Å². The zero-order valence-corrected chi connectivity index (χ0v) is 37.9. The van der Waals surface area contributed by atoms with E-state index < -0.39 is 0 Å². The van der Waals surface area contributed by atoms with Gasteiger partial charge in [-0.1, -0.05) is 172 Å². The van der Waals surface area contributed by atoms with Gasteiger partial charge in [0.15, 0.2) is 0 Å². The predicted molar refractivity (Wildman–Crippen MR) is 290 cm³/mol. The maximum atomic E-state index is 5.66. The van der Waals surface area contributed by atoms with Crippen molar-refractivity contribution in [3.8, 4) is 34.0 Å². The van der Waals surface area contributed by atoms with Gasteiger partial charge in [-0.15, -0.1) is 0 Å². The average Bonchev–Trinajstić information content (AvgIpc) is 4.00. The second-order valence-corrected chi connectivity index (χ2v) is 19.6. The minimum absolute atomic E-state index is 0.140. The number of hydrogen-bond acceptors (Lipinski definition) is 2. The Morgan fingerprint density at radius 2 is 0.913 bits per heavy atom. The first-order valence-corrected chi connectivity index (χ1v) is 24.0. The fraction of sp³-hybridized carbons (Fsp3) is 0.0462. The molecule has 0 N–H and O–H groups in total. The summed E-state index contributed by atoms with van der Waals surface area (Å²) in [5.74, 6) is 0.661. The molecule has 1 aliphatic carbocycles. The van der Waals surface area contributed by atoms with Crippen molar-refractivity contribution < 1.29 is 0 Å². The summed E-state index contributed by atoms with van der Waals surface area (Å²) >= 11 is 0. The van der Waals surface area contributed by atoms with E-state index >= 15 is 0 Å². The van der Waals surface area contributed by atoms with Crippen LogP contribution in [0, 0.1) is 0 Å². The number of rotatable bonds is 3. The molecule has 15 aromatic rings. The lowest BCUT2D eigenvalue weighted by Gasteiger charge is -2.22. The third-order valence-corrected chi connectivity index (χ3v) is 15.8. The molecular weight excluding hydrogens is 837 g/mol. The molecule has 0 aliphatic heterocycles. The SMILES string of the molecule is CC1(C)c2ccccc2-c2ccc(-c3nc(-n4c5ccccc5c5c6cccc7c8cccc9c8c(cc8c9c9ccccc9n8-c8ccc9ccccc9c8)c(cc54)c76)nc4ccccc34)cc21. The first kappa shape index (κ1) is 37.3. The Bertz CT molecular complexity index is 4760. The van der Waals surface area contributed by atoms with Crippen molar-refractivity contribution in [3.05, 3.63) is 217 Å². The largest absolute Gasteiger partial charge is 0.309 e. The van der Waals surface area contributed by atoms with Crippen molar-refractivity contribution in [1.82, 2.24) is 19.1 Å². The normalized spacial score (nSPS) is 13.5. The molecular formula is C65H40N4. The summed E-state index contributed by atoms with van der Waals surface area (Å²) in [5.41, 5.74) is 13.8. The Balaban J connectivity index is 1.03. The molecule has 0 atom stereocenters. The molecule has 1 aliphatic rings. The highest BCUT2D eigenvalue weighted by molar-refractivity contribution is 6.41. The van der Waals surface area contributed by atoms with E-state index in [1.807, 2.05) is 0 Å². The van der Waals surface area contributed by atoms with Crippen molar-refractivity contribution >= 4 is 108 Å². The fourth-order valence-electron chi connectivity index (χ4n) is 12.8. The molecule has 4 heteroatoms. The summed E-state index contributed by atoms with van der Waals surface area (Å²) in [7, 11) is 0. The first-order chi connectivity index (χ1) is 34.0. The van der Waals surface area contributed by atoms with Crippen LogP contribution in [0.4, 0.5) is 0 Å². The molecule has 0 unspecified atom stereocenters. The number of para-hydroxylation sites is 3. The molecule has 3 aromatic heterocycles. The maximum absolute atomic E-state index is 5.66. The van der Waals surface area contributed by atoms with E-state index in [4.69, 9.17) is 9.97 Å². The standard InChI is InChI=1S/C65H40N4/c1-65(2)52-25-9-5-17-41(52)42-32-30-39(34-53(42)65)63-45-18-6-10-26-54(45)66-64(67-63)69-56-28-12-8-20-47(56)62-49-24-14-22-44-43-21-13-23-48-59(43)50(51(60(44)49)36-58(62)69)35-57-61(48)46-19-7-11-27-55(46)68(57)40-31-29-37-15-3-4-16-38(37)33-40/h3-36H,1-2H3. The molecule has 0 saturated carbocycles. The van der Waals surface area contributed by atoms with Crippen LogP contribution >= 0.6 is 0 Å². The van der Waals surface area contributed by atoms with Crippen LogP contribution in [0.2, 0.25) is 0 Å². The molecule has 320 valence electrons. The second kappa shape index (κ2) is 13.2. The minimum atomic E-state index is -0.140. The summed E-state index contributed by atoms with van der Waals surface area (Å²) in [6.45, 7) is 4.69. The molecule has 4 nitrogen and oxygen atoms in total. The van der Waals surface area contributed by atoms with Crippen LogP contribution in [-0.4, -0.2) is 19.1 Å². The van der Waals surface area contributed by atoms with E-state index in [9.17, 15) is 0 Å². The third kappa shape index (κ3) is 4.82. The predicted octanol–water partition coefficient (Wildman–Crippen LogP) is 17.0. The smallest absolute Gasteiger partial charge is 0.235 e. The van der Waals surface area contributed by atoms with Gasteiger partial charge in [0.05, 0.1) is 33.3 Å². The van der Waals surface area contributed by atoms with Crippen molar-refractivity contribution in [2.24, 2.45) is 0 Å². The van der Waals surface area contributed by atoms with Gasteiger partial charge in [-0.2, -0.15) is 0 Å². The van der Waals surface area contributed by atoms with Crippen molar-refractivity contribution in [2.45, 2.75) is 19.3 Å². The van der Waals surface area contributed by atoms with E-state index in [0.717, 1.165) is 38.9 Å². The molecule has 69 heavy (non-hydrogen) atoms. The molecule has 0 fully saturated rings. The summed E-state index contributed by atoms with van der Waals surface area (Å²) < 4.78 is 4.81. The minimum Gasteiger partial charge on any atom is -0.309 e. The van der Waals surface area contributed by atoms with Gasteiger partial charge in [-0.05, 0) is 125 Å². The quantitative estimate of drug-likeness (QED) is 0.131. The molecule has 0 saturated heterocycles. The van der Waals surface area contributed by atoms with Gasteiger partial charge in [0.25, 0.3) is 0 Å². The summed E-state index contributed by atoms with van der Waals surface area (Å²) in [6.07, 6.45) is 0. The Hall–Kier alpha value is -8.86. The molecule has 12 aromatic carbocycles.